The van der Waals surface area contributed by atoms with Gasteiger partial charge >= 0.3 is 0 Å². The molecule has 0 saturated heterocycles. The lowest BCUT2D eigenvalue weighted by atomic mass is 10.3. The second-order valence-electron chi connectivity index (χ2n) is 2.99. The highest BCUT2D eigenvalue weighted by Crippen LogP contribution is 2.23. The SMILES string of the molecule is Cc1ccoc1CSc1cc(Cl)ncn1. The third-order valence-electron chi connectivity index (χ3n) is 1.93. The molecular formula is C10H9ClN2OS. The van der Waals surface area contributed by atoms with Crippen LogP contribution >= 0.6 is 23.4 Å². The van der Waals surface area contributed by atoms with Gasteiger partial charge in [0.25, 0.3) is 0 Å². The zero-order chi connectivity index (χ0) is 10.7. The number of hydrogen-bond acceptors (Lipinski definition) is 4. The van der Waals surface area contributed by atoms with Crippen LogP contribution in [0.3, 0.4) is 0 Å². The van der Waals surface area contributed by atoms with Crippen LogP contribution in [0.5, 0.6) is 0 Å². The van der Waals surface area contributed by atoms with E-state index in [-0.39, 0.29) is 0 Å². The van der Waals surface area contributed by atoms with Crippen molar-refractivity contribution in [3.63, 3.8) is 0 Å². The van der Waals surface area contributed by atoms with Crippen LogP contribution in [0.25, 0.3) is 0 Å². The molecular weight excluding hydrogens is 232 g/mol. The molecule has 0 amide bonds. The molecule has 0 unspecified atom stereocenters. The van der Waals surface area contributed by atoms with Gasteiger partial charge in [-0.3, -0.25) is 0 Å². The normalized spacial score (nSPS) is 10.5. The van der Waals surface area contributed by atoms with E-state index in [2.05, 4.69) is 9.97 Å². The third-order valence-corrected chi connectivity index (χ3v) is 3.06. The average molecular weight is 241 g/mol. The van der Waals surface area contributed by atoms with Crippen LogP contribution in [-0.2, 0) is 5.75 Å². The van der Waals surface area contributed by atoms with E-state index in [1.807, 2.05) is 13.0 Å². The number of rotatable bonds is 3. The smallest absolute Gasteiger partial charge is 0.133 e. The molecule has 15 heavy (non-hydrogen) atoms. The van der Waals surface area contributed by atoms with E-state index in [1.165, 1.54) is 6.33 Å². The fourth-order valence-electron chi connectivity index (χ4n) is 1.09. The topological polar surface area (TPSA) is 38.9 Å². The van der Waals surface area contributed by atoms with Crippen molar-refractivity contribution in [3.8, 4) is 0 Å². The van der Waals surface area contributed by atoms with Crippen molar-refractivity contribution in [1.29, 1.82) is 0 Å². The second-order valence-corrected chi connectivity index (χ2v) is 4.38. The first-order chi connectivity index (χ1) is 7.25. The fourth-order valence-corrected chi connectivity index (χ4v) is 2.19. The van der Waals surface area contributed by atoms with E-state index in [4.69, 9.17) is 16.0 Å². The van der Waals surface area contributed by atoms with Crippen molar-refractivity contribution >= 4 is 23.4 Å². The Morgan fingerprint density at radius 1 is 1.47 bits per heavy atom. The Hall–Kier alpha value is -1.00. The van der Waals surface area contributed by atoms with Crippen LogP contribution in [-0.4, -0.2) is 9.97 Å². The molecule has 0 bridgehead atoms. The number of thioether (sulfide) groups is 1. The van der Waals surface area contributed by atoms with Crippen LogP contribution in [0.15, 0.2) is 34.2 Å². The van der Waals surface area contributed by atoms with Gasteiger partial charge in [-0.25, -0.2) is 9.97 Å². The molecule has 0 atom stereocenters. The minimum Gasteiger partial charge on any atom is -0.468 e. The lowest BCUT2D eigenvalue weighted by Gasteiger charge is -1.99. The lowest BCUT2D eigenvalue weighted by molar-refractivity contribution is 0.528. The minimum absolute atomic E-state index is 0.462. The van der Waals surface area contributed by atoms with Gasteiger partial charge in [-0.2, -0.15) is 0 Å². The van der Waals surface area contributed by atoms with E-state index < -0.39 is 0 Å². The largest absolute Gasteiger partial charge is 0.468 e. The Balaban J connectivity index is 2.02. The maximum Gasteiger partial charge on any atom is 0.133 e. The van der Waals surface area contributed by atoms with E-state index in [9.17, 15) is 0 Å². The number of aromatic nitrogens is 2. The van der Waals surface area contributed by atoms with Crippen LogP contribution in [0.2, 0.25) is 5.15 Å². The highest BCUT2D eigenvalue weighted by Gasteiger charge is 2.04. The predicted molar refractivity (Wildman–Crippen MR) is 60.0 cm³/mol. The van der Waals surface area contributed by atoms with Gasteiger partial charge < -0.3 is 4.42 Å². The summed E-state index contributed by atoms with van der Waals surface area (Å²) in [6.45, 7) is 2.02. The number of furan rings is 1. The molecule has 2 rings (SSSR count). The van der Waals surface area contributed by atoms with Gasteiger partial charge in [0, 0.05) is 6.07 Å². The molecule has 0 fully saturated rings. The van der Waals surface area contributed by atoms with Crippen LogP contribution in [0.4, 0.5) is 0 Å². The summed E-state index contributed by atoms with van der Waals surface area (Å²) in [6.07, 6.45) is 3.15. The first-order valence-corrected chi connectivity index (χ1v) is 5.75. The molecule has 0 spiro atoms. The molecule has 3 nitrogen and oxygen atoms in total. The summed E-state index contributed by atoms with van der Waals surface area (Å²) >= 11 is 7.33. The van der Waals surface area contributed by atoms with Gasteiger partial charge in [0.05, 0.1) is 12.0 Å². The van der Waals surface area contributed by atoms with Gasteiger partial charge in [-0.1, -0.05) is 23.4 Å². The molecule has 0 aliphatic rings. The van der Waals surface area contributed by atoms with Crippen molar-refractivity contribution in [1.82, 2.24) is 9.97 Å². The predicted octanol–water partition coefficient (Wildman–Crippen LogP) is 3.32. The molecule has 2 heterocycles. The van der Waals surface area contributed by atoms with Gasteiger partial charge in [0.2, 0.25) is 0 Å². The summed E-state index contributed by atoms with van der Waals surface area (Å²) in [5.41, 5.74) is 1.16. The third kappa shape index (κ3) is 2.73. The zero-order valence-electron chi connectivity index (χ0n) is 8.11. The van der Waals surface area contributed by atoms with Crippen molar-refractivity contribution in [2.75, 3.05) is 0 Å². The quantitative estimate of drug-likeness (QED) is 0.609. The first kappa shape index (κ1) is 10.5. The Kier molecular flexibility index (Phi) is 3.28. The Morgan fingerprint density at radius 2 is 2.33 bits per heavy atom. The lowest BCUT2D eigenvalue weighted by Crippen LogP contribution is -1.85. The van der Waals surface area contributed by atoms with Gasteiger partial charge in [0.1, 0.15) is 22.3 Å². The van der Waals surface area contributed by atoms with Gasteiger partial charge in [0.15, 0.2) is 0 Å². The summed E-state index contributed by atoms with van der Waals surface area (Å²) in [5.74, 6) is 1.72. The molecule has 78 valence electrons. The molecule has 5 heteroatoms. The molecule has 0 saturated carbocycles. The summed E-state index contributed by atoms with van der Waals surface area (Å²) in [6, 6.07) is 3.69. The molecule has 0 aliphatic carbocycles. The summed E-state index contributed by atoms with van der Waals surface area (Å²) in [7, 11) is 0. The molecule has 0 aromatic carbocycles. The Bertz CT molecular complexity index is 458. The molecule has 0 aliphatic heterocycles. The van der Waals surface area contributed by atoms with Crippen LogP contribution in [0, 0.1) is 6.92 Å². The summed E-state index contributed by atoms with van der Waals surface area (Å²) < 4.78 is 5.32. The van der Waals surface area contributed by atoms with Crippen molar-refractivity contribution in [2.45, 2.75) is 17.7 Å². The van der Waals surface area contributed by atoms with Gasteiger partial charge in [-0.15, -0.1) is 0 Å². The zero-order valence-corrected chi connectivity index (χ0v) is 9.68. The fraction of sp³-hybridized carbons (Fsp3) is 0.200. The second kappa shape index (κ2) is 4.68. The summed E-state index contributed by atoms with van der Waals surface area (Å²) in [4.78, 5) is 7.91. The summed E-state index contributed by atoms with van der Waals surface area (Å²) in [5, 5.41) is 1.31. The monoisotopic (exact) mass is 240 g/mol. The van der Waals surface area contributed by atoms with Crippen molar-refractivity contribution in [3.05, 3.63) is 41.2 Å². The van der Waals surface area contributed by atoms with E-state index >= 15 is 0 Å². The van der Waals surface area contributed by atoms with Crippen molar-refractivity contribution < 1.29 is 4.42 Å². The number of halogens is 1. The maximum atomic E-state index is 5.75. The molecule has 0 radical (unpaired) electrons. The van der Waals surface area contributed by atoms with Gasteiger partial charge in [-0.05, 0) is 18.6 Å². The highest BCUT2D eigenvalue weighted by atomic mass is 35.5. The molecule has 0 N–H and O–H groups in total. The first-order valence-electron chi connectivity index (χ1n) is 4.39. The average Bonchev–Trinajstić information content (AvgIpc) is 2.61. The Morgan fingerprint density at radius 3 is 3.00 bits per heavy atom. The molecule has 2 aromatic heterocycles. The van der Waals surface area contributed by atoms with Crippen LogP contribution in [0.1, 0.15) is 11.3 Å². The minimum atomic E-state index is 0.462. The van der Waals surface area contributed by atoms with E-state index in [0.717, 1.165) is 22.1 Å². The highest BCUT2D eigenvalue weighted by molar-refractivity contribution is 7.98. The number of nitrogens with zero attached hydrogens (tertiary/aromatic N) is 2. The standard InChI is InChI=1S/C10H9ClN2OS/c1-7-2-3-14-8(7)5-15-10-4-9(11)12-6-13-10/h2-4,6H,5H2,1H3. The van der Waals surface area contributed by atoms with Crippen LogP contribution < -0.4 is 0 Å². The van der Waals surface area contributed by atoms with E-state index in [0.29, 0.717) is 5.15 Å². The maximum absolute atomic E-state index is 5.75. The van der Waals surface area contributed by atoms with E-state index in [1.54, 1.807) is 24.1 Å². The Labute approximate surface area is 96.9 Å². The number of hydrogen-bond donors (Lipinski definition) is 0. The number of aryl methyl sites for hydroxylation is 1. The molecule has 2 aromatic rings. The van der Waals surface area contributed by atoms with Crippen molar-refractivity contribution in [2.24, 2.45) is 0 Å².